The summed E-state index contributed by atoms with van der Waals surface area (Å²) in [5, 5.41) is 0.708. The molecule has 0 N–H and O–H groups in total. The monoisotopic (exact) mass is 497 g/mol. The minimum absolute atomic E-state index is 0.00242. The molecule has 2 fully saturated rings. The van der Waals surface area contributed by atoms with E-state index in [-0.39, 0.29) is 18.4 Å². The van der Waals surface area contributed by atoms with Gasteiger partial charge in [-0.2, -0.15) is 0 Å². The number of piperazine rings is 1. The summed E-state index contributed by atoms with van der Waals surface area (Å²) in [6.45, 7) is 4.50. The summed E-state index contributed by atoms with van der Waals surface area (Å²) < 4.78 is 13.4. The molecule has 0 bridgehead atoms. The molecule has 2 saturated heterocycles. The molecular weight excluding hydrogens is 469 g/mol. The van der Waals surface area contributed by atoms with Crippen molar-refractivity contribution in [2.45, 2.75) is 25.6 Å². The van der Waals surface area contributed by atoms with Crippen LogP contribution in [0.2, 0.25) is 5.02 Å². The van der Waals surface area contributed by atoms with Crippen LogP contribution in [0, 0.1) is 0 Å². The van der Waals surface area contributed by atoms with Crippen LogP contribution in [-0.4, -0.2) is 84.8 Å². The van der Waals surface area contributed by atoms with Gasteiger partial charge in [0.15, 0.2) is 0 Å². The number of piperidine rings is 1. The predicted octanol–water partition coefficient (Wildman–Crippen LogP) is 3.74. The van der Waals surface area contributed by atoms with E-state index in [0.717, 1.165) is 30.0 Å². The number of aliphatic imine (C=N–C) groups is 1. The number of carbonyl (C=O) groups is 2. The van der Waals surface area contributed by atoms with Gasteiger partial charge in [0.05, 0.1) is 18.6 Å². The fourth-order valence-corrected chi connectivity index (χ4v) is 5.03. The summed E-state index contributed by atoms with van der Waals surface area (Å²) in [6, 6.07) is 13.4. The van der Waals surface area contributed by atoms with E-state index in [1.54, 1.807) is 11.2 Å². The van der Waals surface area contributed by atoms with Crippen molar-refractivity contribution in [2.24, 2.45) is 4.99 Å². The lowest BCUT2D eigenvalue weighted by molar-refractivity contribution is -0.133. The van der Waals surface area contributed by atoms with Crippen LogP contribution in [0.3, 0.4) is 0 Å². The molecule has 3 heterocycles. The van der Waals surface area contributed by atoms with Crippen molar-refractivity contribution in [3.05, 3.63) is 58.6 Å². The summed E-state index contributed by atoms with van der Waals surface area (Å²) >= 11 is 6.12. The molecule has 0 aromatic heterocycles. The number of rotatable bonds is 4. The molecule has 0 atom stereocenters. The molecule has 0 unspecified atom stereocenters. The molecule has 9 heteroatoms. The Morgan fingerprint density at radius 3 is 2.49 bits per heavy atom. The van der Waals surface area contributed by atoms with Crippen molar-refractivity contribution in [2.75, 3.05) is 50.7 Å². The Morgan fingerprint density at radius 2 is 1.74 bits per heavy atom. The van der Waals surface area contributed by atoms with Crippen LogP contribution < -0.4 is 4.90 Å². The summed E-state index contributed by atoms with van der Waals surface area (Å²) in [7, 11) is 0. The second-order valence-corrected chi connectivity index (χ2v) is 9.74. The molecule has 3 aliphatic rings. The van der Waals surface area contributed by atoms with Crippen LogP contribution in [-0.2, 0) is 11.3 Å². The molecule has 7 nitrogen and oxygen atoms in total. The highest BCUT2D eigenvalue weighted by Crippen LogP contribution is 2.27. The van der Waals surface area contributed by atoms with Crippen LogP contribution in [0.4, 0.5) is 15.8 Å². The number of anilines is 1. The average molecular weight is 498 g/mol. The highest BCUT2D eigenvalue weighted by Gasteiger charge is 2.26. The third kappa shape index (κ3) is 5.42. The van der Waals surface area contributed by atoms with Crippen LogP contribution >= 0.6 is 11.6 Å². The first-order valence-electron chi connectivity index (χ1n) is 12.1. The number of halogens is 2. The van der Waals surface area contributed by atoms with Crippen molar-refractivity contribution in [1.29, 1.82) is 0 Å². The fraction of sp³-hybridized carbons (Fsp3) is 0.423. The van der Waals surface area contributed by atoms with Crippen LogP contribution in [0.25, 0.3) is 0 Å². The Balaban J connectivity index is 1.17. The maximum Gasteiger partial charge on any atom is 0.254 e. The van der Waals surface area contributed by atoms with Gasteiger partial charge in [-0.05, 0) is 48.7 Å². The fourth-order valence-electron chi connectivity index (χ4n) is 4.85. The molecule has 0 saturated carbocycles. The smallest absolute Gasteiger partial charge is 0.254 e. The van der Waals surface area contributed by atoms with Crippen LogP contribution in [0.5, 0.6) is 0 Å². The standard InChI is InChI=1S/C26H29ClFN5O2/c27-21-2-1-3-23(15-21)31-10-12-33(13-11-31)26(35)19-4-5-20-16-30(18-29-24(20)14-19)17-25(34)32-8-6-22(28)7-9-32/h1-5,14-15,18,22H,6-13,16-17H2. The van der Waals surface area contributed by atoms with Gasteiger partial charge in [0.2, 0.25) is 5.91 Å². The van der Waals surface area contributed by atoms with Crippen molar-refractivity contribution >= 4 is 41.1 Å². The molecule has 5 rings (SSSR count). The van der Waals surface area contributed by atoms with Gasteiger partial charge in [0.25, 0.3) is 5.91 Å². The summed E-state index contributed by atoms with van der Waals surface area (Å²) in [6.07, 6.45) is 1.69. The molecule has 2 aromatic carbocycles. The summed E-state index contributed by atoms with van der Waals surface area (Å²) in [5.41, 5.74) is 3.43. The van der Waals surface area contributed by atoms with E-state index in [4.69, 9.17) is 11.6 Å². The molecule has 3 aliphatic heterocycles. The van der Waals surface area contributed by atoms with Crippen LogP contribution in [0.1, 0.15) is 28.8 Å². The molecule has 184 valence electrons. The van der Waals surface area contributed by atoms with Crippen molar-refractivity contribution < 1.29 is 14.0 Å². The third-order valence-electron chi connectivity index (χ3n) is 6.92. The van der Waals surface area contributed by atoms with E-state index < -0.39 is 6.17 Å². The average Bonchev–Trinajstić information content (AvgIpc) is 2.88. The first-order valence-corrected chi connectivity index (χ1v) is 12.5. The summed E-state index contributed by atoms with van der Waals surface area (Å²) in [5.74, 6) is -0.00173. The van der Waals surface area contributed by atoms with Gasteiger partial charge >= 0.3 is 0 Å². The van der Waals surface area contributed by atoms with Crippen molar-refractivity contribution in [3.8, 4) is 0 Å². The zero-order valence-corrected chi connectivity index (χ0v) is 20.3. The molecule has 0 aliphatic carbocycles. The quantitative estimate of drug-likeness (QED) is 0.645. The second-order valence-electron chi connectivity index (χ2n) is 9.31. The maximum absolute atomic E-state index is 13.4. The van der Waals surface area contributed by atoms with Gasteiger partial charge in [-0.3, -0.25) is 9.59 Å². The molecule has 2 aromatic rings. The van der Waals surface area contributed by atoms with E-state index in [2.05, 4.69) is 9.89 Å². The van der Waals surface area contributed by atoms with E-state index >= 15 is 0 Å². The summed E-state index contributed by atoms with van der Waals surface area (Å²) in [4.78, 5) is 37.9. The van der Waals surface area contributed by atoms with E-state index in [1.165, 1.54) is 0 Å². The van der Waals surface area contributed by atoms with Crippen molar-refractivity contribution in [3.63, 3.8) is 0 Å². The molecular formula is C26H29ClFN5O2. The Morgan fingerprint density at radius 1 is 0.971 bits per heavy atom. The SMILES string of the molecule is O=C(CN1C=Nc2cc(C(=O)N3CCN(c4cccc(Cl)c4)CC3)ccc2C1)N1CCC(F)CC1. The number of hydrogen-bond donors (Lipinski definition) is 0. The van der Waals surface area contributed by atoms with E-state index in [9.17, 15) is 14.0 Å². The maximum atomic E-state index is 13.4. The lowest BCUT2D eigenvalue weighted by Crippen LogP contribution is -2.48. The van der Waals surface area contributed by atoms with Gasteiger partial charge in [-0.25, -0.2) is 9.38 Å². The largest absolute Gasteiger partial charge is 0.368 e. The molecule has 35 heavy (non-hydrogen) atoms. The minimum atomic E-state index is -0.800. The number of benzene rings is 2. The number of amides is 2. The number of fused-ring (bicyclic) bond motifs is 1. The van der Waals surface area contributed by atoms with E-state index in [1.807, 2.05) is 52.3 Å². The zero-order chi connectivity index (χ0) is 24.4. The second kappa shape index (κ2) is 10.2. The van der Waals surface area contributed by atoms with Gasteiger partial charge in [-0.15, -0.1) is 0 Å². The Hall–Kier alpha value is -3.13. The lowest BCUT2D eigenvalue weighted by Gasteiger charge is -2.36. The van der Waals surface area contributed by atoms with Gasteiger partial charge in [-0.1, -0.05) is 23.7 Å². The molecule has 0 spiro atoms. The van der Waals surface area contributed by atoms with Crippen molar-refractivity contribution in [1.82, 2.24) is 14.7 Å². The highest BCUT2D eigenvalue weighted by atomic mass is 35.5. The number of alkyl halides is 1. The Labute approximate surface area is 209 Å². The van der Waals surface area contributed by atoms with Crippen LogP contribution in [0.15, 0.2) is 47.5 Å². The molecule has 0 radical (unpaired) electrons. The number of carbonyl (C=O) groups excluding carboxylic acids is 2. The normalized spacial score (nSPS) is 18.6. The topological polar surface area (TPSA) is 59.5 Å². The lowest BCUT2D eigenvalue weighted by atomic mass is 10.1. The van der Waals surface area contributed by atoms with Gasteiger partial charge in [0, 0.05) is 62.1 Å². The van der Waals surface area contributed by atoms with Gasteiger partial charge < -0.3 is 19.6 Å². The number of hydrogen-bond acceptors (Lipinski definition) is 5. The minimum Gasteiger partial charge on any atom is -0.368 e. The highest BCUT2D eigenvalue weighted by molar-refractivity contribution is 6.30. The van der Waals surface area contributed by atoms with E-state index in [0.29, 0.717) is 56.2 Å². The number of nitrogens with zero attached hydrogens (tertiary/aromatic N) is 5. The first kappa shape index (κ1) is 23.6. The molecule has 2 amide bonds. The predicted molar refractivity (Wildman–Crippen MR) is 135 cm³/mol. The zero-order valence-electron chi connectivity index (χ0n) is 19.6. The van der Waals surface area contributed by atoms with Gasteiger partial charge in [0.1, 0.15) is 6.17 Å². The first-order chi connectivity index (χ1) is 17.0. The Bertz CT molecular complexity index is 1130. The third-order valence-corrected chi connectivity index (χ3v) is 7.16. The Kier molecular flexibility index (Phi) is 6.90. The number of likely N-dealkylation sites (tertiary alicyclic amines) is 1.